The molecule has 0 fully saturated rings. The summed E-state index contributed by atoms with van der Waals surface area (Å²) in [5.41, 5.74) is 2.78. The first kappa shape index (κ1) is 13.5. The van der Waals surface area contributed by atoms with E-state index in [1.54, 1.807) is 13.0 Å². The highest BCUT2D eigenvalue weighted by molar-refractivity contribution is 9.10. The van der Waals surface area contributed by atoms with E-state index in [2.05, 4.69) is 21.2 Å². The topological polar surface area (TPSA) is 55.2 Å². The van der Waals surface area contributed by atoms with Crippen LogP contribution in [0.5, 0.6) is 0 Å². The molecule has 2 rings (SSSR count). The van der Waals surface area contributed by atoms with E-state index in [1.165, 1.54) is 6.07 Å². The van der Waals surface area contributed by atoms with Crippen LogP contribution in [0.25, 0.3) is 0 Å². The summed E-state index contributed by atoms with van der Waals surface area (Å²) < 4.78 is 1.02. The minimum Gasteiger partial charge on any atom is -0.381 e. The maximum atomic E-state index is 10.9. The highest BCUT2D eigenvalue weighted by Gasteiger charge is 2.12. The van der Waals surface area contributed by atoms with Gasteiger partial charge in [-0.15, -0.1) is 0 Å². The molecule has 1 N–H and O–H groups in total. The van der Waals surface area contributed by atoms with Crippen molar-refractivity contribution in [3.05, 3.63) is 68.2 Å². The van der Waals surface area contributed by atoms with E-state index in [0.29, 0.717) is 12.1 Å². The molecule has 0 radical (unpaired) electrons. The van der Waals surface area contributed by atoms with Crippen LogP contribution in [-0.2, 0) is 6.54 Å². The molecule has 0 spiro atoms. The first-order chi connectivity index (χ1) is 9.08. The van der Waals surface area contributed by atoms with Gasteiger partial charge in [0.2, 0.25) is 0 Å². The quantitative estimate of drug-likeness (QED) is 0.675. The van der Waals surface area contributed by atoms with Crippen LogP contribution >= 0.6 is 15.9 Å². The zero-order valence-electron chi connectivity index (χ0n) is 10.4. The summed E-state index contributed by atoms with van der Waals surface area (Å²) >= 11 is 3.38. The third-order valence-corrected chi connectivity index (χ3v) is 3.47. The number of nitrogens with zero attached hydrogens (tertiary/aromatic N) is 1. The zero-order valence-corrected chi connectivity index (χ0v) is 12.0. The number of hydrogen-bond acceptors (Lipinski definition) is 3. The van der Waals surface area contributed by atoms with E-state index in [9.17, 15) is 10.1 Å². The number of nitro groups is 1. The molecule has 0 unspecified atom stereocenters. The van der Waals surface area contributed by atoms with Gasteiger partial charge in [-0.1, -0.05) is 28.1 Å². The lowest BCUT2D eigenvalue weighted by molar-refractivity contribution is -0.385. The second kappa shape index (κ2) is 5.84. The SMILES string of the molecule is Cc1c(CNc2ccc(Br)cc2)cccc1[N+](=O)[O-]. The molecular formula is C14H13BrN2O2. The van der Waals surface area contributed by atoms with Crippen molar-refractivity contribution < 1.29 is 4.92 Å². The van der Waals surface area contributed by atoms with Gasteiger partial charge in [0.15, 0.2) is 0 Å². The fraction of sp³-hybridized carbons (Fsp3) is 0.143. The van der Waals surface area contributed by atoms with E-state index in [4.69, 9.17) is 0 Å². The highest BCUT2D eigenvalue weighted by Crippen LogP contribution is 2.22. The van der Waals surface area contributed by atoms with Crippen LogP contribution < -0.4 is 5.32 Å². The second-order valence-corrected chi connectivity index (χ2v) is 5.09. The summed E-state index contributed by atoms with van der Waals surface area (Å²) in [6, 6.07) is 12.9. The Balaban J connectivity index is 2.13. The average molecular weight is 321 g/mol. The van der Waals surface area contributed by atoms with Crippen molar-refractivity contribution in [3.8, 4) is 0 Å². The summed E-state index contributed by atoms with van der Waals surface area (Å²) in [6.45, 7) is 2.34. The first-order valence-electron chi connectivity index (χ1n) is 5.80. The Labute approximate surface area is 119 Å². The van der Waals surface area contributed by atoms with Gasteiger partial charge in [-0.25, -0.2) is 0 Å². The van der Waals surface area contributed by atoms with E-state index in [0.717, 1.165) is 15.7 Å². The standard InChI is InChI=1S/C14H13BrN2O2/c1-10-11(3-2-4-14(10)17(18)19)9-16-13-7-5-12(15)6-8-13/h2-8,16H,9H2,1H3. The lowest BCUT2D eigenvalue weighted by Crippen LogP contribution is -2.03. The second-order valence-electron chi connectivity index (χ2n) is 4.18. The largest absolute Gasteiger partial charge is 0.381 e. The Hall–Kier alpha value is -1.88. The Kier molecular flexibility index (Phi) is 4.16. The van der Waals surface area contributed by atoms with Gasteiger partial charge in [0.05, 0.1) is 4.92 Å². The fourth-order valence-corrected chi connectivity index (χ4v) is 2.09. The number of nitro benzene ring substituents is 1. The number of hydrogen-bond donors (Lipinski definition) is 1. The molecule has 0 heterocycles. The number of anilines is 1. The van der Waals surface area contributed by atoms with Crippen LogP contribution in [0, 0.1) is 17.0 Å². The van der Waals surface area contributed by atoms with Crippen molar-refractivity contribution in [1.29, 1.82) is 0 Å². The molecule has 5 heteroatoms. The van der Waals surface area contributed by atoms with Gasteiger partial charge in [0.1, 0.15) is 0 Å². The van der Waals surface area contributed by atoms with Crippen LogP contribution in [0.1, 0.15) is 11.1 Å². The van der Waals surface area contributed by atoms with Crippen molar-refractivity contribution in [2.45, 2.75) is 13.5 Å². The summed E-state index contributed by atoms with van der Waals surface area (Å²) in [6.07, 6.45) is 0. The van der Waals surface area contributed by atoms with E-state index >= 15 is 0 Å². The number of benzene rings is 2. The van der Waals surface area contributed by atoms with Crippen molar-refractivity contribution in [1.82, 2.24) is 0 Å². The molecule has 0 saturated carbocycles. The molecule has 4 nitrogen and oxygen atoms in total. The van der Waals surface area contributed by atoms with Gasteiger partial charge in [0.25, 0.3) is 5.69 Å². The van der Waals surface area contributed by atoms with Gasteiger partial charge >= 0.3 is 0 Å². The minimum absolute atomic E-state index is 0.162. The molecule has 0 amide bonds. The fourth-order valence-electron chi connectivity index (χ4n) is 1.82. The molecular weight excluding hydrogens is 308 g/mol. The Morgan fingerprint density at radius 2 is 1.89 bits per heavy atom. The summed E-state index contributed by atoms with van der Waals surface area (Å²) in [4.78, 5) is 10.5. The first-order valence-corrected chi connectivity index (χ1v) is 6.59. The van der Waals surface area contributed by atoms with Crippen molar-refractivity contribution in [2.75, 3.05) is 5.32 Å². The molecule has 0 aliphatic rings. The van der Waals surface area contributed by atoms with Crippen LogP contribution in [0.3, 0.4) is 0 Å². The molecule has 0 bridgehead atoms. The zero-order chi connectivity index (χ0) is 13.8. The maximum Gasteiger partial charge on any atom is 0.272 e. The normalized spacial score (nSPS) is 10.2. The van der Waals surface area contributed by atoms with Gasteiger partial charge in [0, 0.05) is 28.3 Å². The lowest BCUT2D eigenvalue weighted by Gasteiger charge is -2.09. The average Bonchev–Trinajstić information content (AvgIpc) is 2.39. The van der Waals surface area contributed by atoms with Gasteiger partial charge in [-0.05, 0) is 36.8 Å². The predicted molar refractivity (Wildman–Crippen MR) is 79.3 cm³/mol. The summed E-state index contributed by atoms with van der Waals surface area (Å²) in [7, 11) is 0. The molecule has 19 heavy (non-hydrogen) atoms. The highest BCUT2D eigenvalue weighted by atomic mass is 79.9. The molecule has 0 aliphatic carbocycles. The van der Waals surface area contributed by atoms with Gasteiger partial charge in [-0.2, -0.15) is 0 Å². The third-order valence-electron chi connectivity index (χ3n) is 2.94. The molecule has 0 aliphatic heterocycles. The number of nitrogens with one attached hydrogen (secondary N) is 1. The van der Waals surface area contributed by atoms with Crippen molar-refractivity contribution in [3.63, 3.8) is 0 Å². The summed E-state index contributed by atoms with van der Waals surface area (Å²) in [5, 5.41) is 14.1. The van der Waals surface area contributed by atoms with E-state index in [-0.39, 0.29) is 10.6 Å². The van der Waals surface area contributed by atoms with Crippen molar-refractivity contribution in [2.24, 2.45) is 0 Å². The van der Waals surface area contributed by atoms with E-state index in [1.807, 2.05) is 30.3 Å². The Morgan fingerprint density at radius 1 is 1.21 bits per heavy atom. The van der Waals surface area contributed by atoms with Crippen LogP contribution in [0.15, 0.2) is 46.9 Å². The molecule has 98 valence electrons. The van der Waals surface area contributed by atoms with E-state index < -0.39 is 0 Å². The lowest BCUT2D eigenvalue weighted by atomic mass is 10.1. The smallest absolute Gasteiger partial charge is 0.272 e. The molecule has 0 saturated heterocycles. The van der Waals surface area contributed by atoms with Gasteiger partial charge < -0.3 is 5.32 Å². The predicted octanol–water partition coefficient (Wildman–Crippen LogP) is 4.28. The van der Waals surface area contributed by atoms with Crippen LogP contribution in [0.2, 0.25) is 0 Å². The van der Waals surface area contributed by atoms with Gasteiger partial charge in [-0.3, -0.25) is 10.1 Å². The molecule has 2 aromatic carbocycles. The Bertz CT molecular complexity index is 597. The van der Waals surface area contributed by atoms with Crippen LogP contribution in [0.4, 0.5) is 11.4 Å². The maximum absolute atomic E-state index is 10.9. The minimum atomic E-state index is -0.349. The van der Waals surface area contributed by atoms with Crippen molar-refractivity contribution >= 4 is 27.3 Å². The Morgan fingerprint density at radius 3 is 2.53 bits per heavy atom. The monoisotopic (exact) mass is 320 g/mol. The third kappa shape index (κ3) is 3.32. The van der Waals surface area contributed by atoms with Crippen LogP contribution in [-0.4, -0.2) is 4.92 Å². The molecule has 0 atom stereocenters. The number of halogens is 1. The number of rotatable bonds is 4. The summed E-state index contributed by atoms with van der Waals surface area (Å²) in [5.74, 6) is 0. The molecule has 0 aromatic heterocycles. The molecule has 2 aromatic rings.